The van der Waals surface area contributed by atoms with Crippen LogP contribution in [0, 0.1) is 0 Å². The summed E-state index contributed by atoms with van der Waals surface area (Å²) < 4.78 is 39.6. The van der Waals surface area contributed by atoms with Gasteiger partial charge >= 0.3 is 0 Å². The molecule has 0 aliphatic rings. The van der Waals surface area contributed by atoms with Gasteiger partial charge in [0.05, 0.1) is 23.4 Å². The minimum Gasteiger partial charge on any atom is -0.494 e. The van der Waals surface area contributed by atoms with E-state index in [9.17, 15) is 13.2 Å². The fourth-order valence-electron chi connectivity index (χ4n) is 3.84. The number of sulfonamides is 1. The predicted octanol–water partition coefficient (Wildman–Crippen LogP) is 6.39. The Morgan fingerprint density at radius 1 is 0.929 bits per heavy atom. The van der Waals surface area contributed by atoms with Gasteiger partial charge in [0.1, 0.15) is 24.7 Å². The van der Waals surface area contributed by atoms with Crippen LogP contribution in [0.25, 0.3) is 0 Å². The lowest BCUT2D eigenvalue weighted by molar-refractivity contribution is -0.119. The lowest BCUT2D eigenvalue weighted by Crippen LogP contribution is -2.39. The number of thioether (sulfide) groups is 1. The van der Waals surface area contributed by atoms with Gasteiger partial charge in [-0.3, -0.25) is 9.10 Å². The molecule has 1 amide bonds. The number of hydrogen-bond donors (Lipinski definition) is 1. The molecule has 0 spiro atoms. The first-order valence-corrected chi connectivity index (χ1v) is 16.0. The minimum atomic E-state index is -4.06. The number of benzene rings is 4. The van der Waals surface area contributed by atoms with Crippen LogP contribution in [-0.2, 0) is 21.4 Å². The van der Waals surface area contributed by atoms with Gasteiger partial charge in [-0.25, -0.2) is 13.8 Å². The van der Waals surface area contributed by atoms with E-state index in [0.29, 0.717) is 41.0 Å². The summed E-state index contributed by atoms with van der Waals surface area (Å²) in [5.74, 6) is 0.638. The molecule has 4 aromatic carbocycles. The number of halogens is 1. The molecule has 0 aliphatic heterocycles. The van der Waals surface area contributed by atoms with Gasteiger partial charge in [-0.15, -0.1) is 11.8 Å². The Hall–Kier alpha value is -3.99. The summed E-state index contributed by atoms with van der Waals surface area (Å²) in [7, 11) is -4.06. The number of nitrogens with zero attached hydrogens (tertiary/aromatic N) is 2. The third kappa shape index (κ3) is 8.28. The largest absolute Gasteiger partial charge is 0.494 e. The van der Waals surface area contributed by atoms with Gasteiger partial charge in [-0.05, 0) is 97.6 Å². The molecule has 0 bridgehead atoms. The Balaban J connectivity index is 1.43. The second kappa shape index (κ2) is 14.8. The van der Waals surface area contributed by atoms with Crippen LogP contribution in [0.4, 0.5) is 5.69 Å². The first kappa shape index (κ1) is 31.0. The normalized spacial score (nSPS) is 11.3. The van der Waals surface area contributed by atoms with Gasteiger partial charge in [-0.1, -0.05) is 29.8 Å². The molecule has 0 saturated heterocycles. The van der Waals surface area contributed by atoms with Gasteiger partial charge in [0.25, 0.3) is 15.9 Å². The first-order chi connectivity index (χ1) is 20.3. The van der Waals surface area contributed by atoms with Crippen molar-refractivity contribution in [3.05, 3.63) is 113 Å². The number of amides is 1. The molecule has 218 valence electrons. The van der Waals surface area contributed by atoms with E-state index >= 15 is 0 Å². The van der Waals surface area contributed by atoms with Gasteiger partial charge in [0, 0.05) is 15.5 Å². The summed E-state index contributed by atoms with van der Waals surface area (Å²) in [6, 6.07) is 27.6. The highest BCUT2D eigenvalue weighted by atomic mass is 35.5. The van der Waals surface area contributed by atoms with Crippen molar-refractivity contribution in [3.8, 4) is 11.5 Å². The fraction of sp³-hybridized carbons (Fsp3) is 0.161. The van der Waals surface area contributed by atoms with Crippen molar-refractivity contribution in [1.29, 1.82) is 0 Å². The van der Waals surface area contributed by atoms with Crippen molar-refractivity contribution in [2.75, 3.05) is 23.7 Å². The van der Waals surface area contributed by atoms with E-state index in [0.717, 1.165) is 14.8 Å². The molecule has 0 aromatic heterocycles. The van der Waals surface area contributed by atoms with Crippen molar-refractivity contribution in [1.82, 2.24) is 5.43 Å². The van der Waals surface area contributed by atoms with E-state index in [4.69, 9.17) is 21.1 Å². The van der Waals surface area contributed by atoms with E-state index < -0.39 is 22.5 Å². The Morgan fingerprint density at radius 3 is 2.21 bits per heavy atom. The Morgan fingerprint density at radius 2 is 1.57 bits per heavy atom. The maximum atomic E-state index is 13.6. The van der Waals surface area contributed by atoms with Crippen LogP contribution in [0.3, 0.4) is 0 Å². The van der Waals surface area contributed by atoms with Crippen LogP contribution < -0.4 is 19.2 Å². The number of carbonyl (C=O) groups excluding carboxylic acids is 1. The van der Waals surface area contributed by atoms with Gasteiger partial charge in [0.2, 0.25) is 0 Å². The number of ether oxygens (including phenoxy) is 2. The zero-order valence-electron chi connectivity index (χ0n) is 23.1. The van der Waals surface area contributed by atoms with Crippen molar-refractivity contribution in [2.45, 2.75) is 23.3 Å². The van der Waals surface area contributed by atoms with Gasteiger partial charge < -0.3 is 9.47 Å². The Labute approximate surface area is 255 Å². The topological polar surface area (TPSA) is 97.3 Å². The quantitative estimate of drug-likeness (QED) is 0.105. The number of anilines is 1. The molecule has 1 N–H and O–H groups in total. The number of carbonyl (C=O) groups is 1. The highest BCUT2D eigenvalue weighted by Crippen LogP contribution is 2.27. The molecule has 0 atom stereocenters. The summed E-state index contributed by atoms with van der Waals surface area (Å²) in [6.45, 7) is 2.19. The minimum absolute atomic E-state index is 0.0716. The monoisotopic (exact) mass is 623 g/mol. The molecular formula is C31H30ClN3O5S2. The predicted molar refractivity (Wildman–Crippen MR) is 168 cm³/mol. The molecule has 0 unspecified atom stereocenters. The molecular weight excluding hydrogens is 594 g/mol. The number of hydrazone groups is 1. The molecule has 8 nitrogen and oxygen atoms in total. The van der Waals surface area contributed by atoms with Crippen LogP contribution in [0.2, 0.25) is 5.02 Å². The van der Waals surface area contributed by atoms with Crippen LogP contribution in [0.15, 0.2) is 112 Å². The van der Waals surface area contributed by atoms with Crippen molar-refractivity contribution >= 4 is 51.2 Å². The SMILES string of the molecule is CCOc1ccc(N(CC(=O)N/N=C\c2ccc(OCc3ccccc3Cl)cc2)S(=O)(=O)c2ccc(SC)cc2)cc1. The van der Waals surface area contributed by atoms with Crippen LogP contribution in [0.5, 0.6) is 11.5 Å². The van der Waals surface area contributed by atoms with E-state index in [-0.39, 0.29) is 4.90 Å². The average Bonchev–Trinajstić information content (AvgIpc) is 3.01. The molecule has 4 aromatic rings. The highest BCUT2D eigenvalue weighted by Gasteiger charge is 2.27. The summed E-state index contributed by atoms with van der Waals surface area (Å²) >= 11 is 7.68. The lowest BCUT2D eigenvalue weighted by Gasteiger charge is -2.24. The molecule has 11 heteroatoms. The zero-order chi connectivity index (χ0) is 30.0. The molecule has 0 saturated carbocycles. The van der Waals surface area contributed by atoms with Gasteiger partial charge in [0.15, 0.2) is 0 Å². The molecule has 0 aliphatic carbocycles. The van der Waals surface area contributed by atoms with E-state index in [1.807, 2.05) is 37.4 Å². The van der Waals surface area contributed by atoms with Crippen LogP contribution >= 0.6 is 23.4 Å². The fourth-order valence-corrected chi connectivity index (χ4v) is 5.86. The smallest absolute Gasteiger partial charge is 0.264 e. The summed E-state index contributed by atoms with van der Waals surface area (Å²) in [5, 5.41) is 4.65. The molecule has 0 heterocycles. The number of hydrogen-bond acceptors (Lipinski definition) is 7. The Bertz CT molecular complexity index is 1610. The third-order valence-electron chi connectivity index (χ3n) is 6.01. The maximum absolute atomic E-state index is 13.6. The molecule has 42 heavy (non-hydrogen) atoms. The molecule has 4 rings (SSSR count). The average molecular weight is 624 g/mol. The second-order valence-corrected chi connectivity index (χ2v) is 12.0. The zero-order valence-corrected chi connectivity index (χ0v) is 25.5. The van der Waals surface area contributed by atoms with Crippen molar-refractivity contribution in [2.24, 2.45) is 5.10 Å². The lowest BCUT2D eigenvalue weighted by atomic mass is 10.2. The first-order valence-electron chi connectivity index (χ1n) is 13.0. The van der Waals surface area contributed by atoms with E-state index in [2.05, 4.69) is 10.5 Å². The summed E-state index contributed by atoms with van der Waals surface area (Å²) in [6.07, 6.45) is 3.37. The van der Waals surface area contributed by atoms with Gasteiger partial charge in [-0.2, -0.15) is 5.10 Å². The molecule has 0 fully saturated rings. The number of nitrogens with one attached hydrogen (secondary N) is 1. The summed E-state index contributed by atoms with van der Waals surface area (Å²) in [5.41, 5.74) is 4.33. The second-order valence-electron chi connectivity index (χ2n) is 8.86. The molecule has 0 radical (unpaired) electrons. The van der Waals surface area contributed by atoms with Crippen LogP contribution in [0.1, 0.15) is 18.1 Å². The number of rotatable bonds is 13. The van der Waals surface area contributed by atoms with Crippen LogP contribution in [-0.4, -0.2) is 39.9 Å². The van der Waals surface area contributed by atoms with Crippen molar-refractivity contribution in [3.63, 3.8) is 0 Å². The van der Waals surface area contributed by atoms with E-state index in [1.54, 1.807) is 60.7 Å². The summed E-state index contributed by atoms with van der Waals surface area (Å²) in [4.78, 5) is 13.9. The van der Waals surface area contributed by atoms with Crippen molar-refractivity contribution < 1.29 is 22.7 Å². The highest BCUT2D eigenvalue weighted by molar-refractivity contribution is 7.98. The Kier molecular flexibility index (Phi) is 10.9. The van der Waals surface area contributed by atoms with E-state index in [1.165, 1.54) is 30.1 Å². The third-order valence-corrected chi connectivity index (χ3v) is 8.91. The standard InChI is InChI=1S/C31H30ClN3O5S2/c1-3-39-26-14-10-25(11-15-26)35(42(37,38)29-18-16-28(41-2)17-19-29)21-31(36)34-33-20-23-8-12-27(13-9-23)40-22-24-6-4-5-7-30(24)32/h4-20H,3,21-22H2,1-2H3,(H,34,36)/b33-20-. The maximum Gasteiger partial charge on any atom is 0.264 e.